The van der Waals surface area contributed by atoms with Crippen LogP contribution in [0, 0.1) is 6.92 Å². The summed E-state index contributed by atoms with van der Waals surface area (Å²) in [6, 6.07) is 9.26. The SMILES string of the molecule is CCCC(C(=O)O)c1c(C)nc2ccc(Cl)cc2c1-c1ccc(Cl)s1. The first-order valence-corrected chi connectivity index (χ1v) is 9.58. The van der Waals surface area contributed by atoms with Crippen LogP contribution in [0.15, 0.2) is 30.3 Å². The third-order valence-corrected chi connectivity index (χ3v) is 5.70. The summed E-state index contributed by atoms with van der Waals surface area (Å²) in [5.41, 5.74) is 3.16. The zero-order valence-corrected chi connectivity index (χ0v) is 16.2. The van der Waals surface area contributed by atoms with Gasteiger partial charge in [-0.3, -0.25) is 9.78 Å². The van der Waals surface area contributed by atoms with Gasteiger partial charge in [-0.15, -0.1) is 11.3 Å². The van der Waals surface area contributed by atoms with Crippen LogP contribution in [0.3, 0.4) is 0 Å². The standard InChI is InChI=1S/C19H17Cl2NO2S/c1-3-4-12(19(23)24)17-10(2)22-14-6-5-11(20)9-13(14)18(17)15-7-8-16(21)25-15/h5-9,12H,3-4H2,1-2H3,(H,23,24). The molecule has 6 heteroatoms. The minimum absolute atomic E-state index is 0.552. The number of carboxylic acid groups (broad SMARTS) is 1. The highest BCUT2D eigenvalue weighted by atomic mass is 35.5. The summed E-state index contributed by atoms with van der Waals surface area (Å²) in [6.07, 6.45) is 1.32. The van der Waals surface area contributed by atoms with Gasteiger partial charge in [-0.05, 0) is 49.2 Å². The molecule has 25 heavy (non-hydrogen) atoms. The van der Waals surface area contributed by atoms with Crippen molar-refractivity contribution in [2.75, 3.05) is 0 Å². The highest BCUT2D eigenvalue weighted by Crippen LogP contribution is 2.43. The highest BCUT2D eigenvalue weighted by molar-refractivity contribution is 7.19. The molecule has 3 aromatic rings. The lowest BCUT2D eigenvalue weighted by Gasteiger charge is -2.20. The normalized spacial score (nSPS) is 12.5. The number of benzene rings is 1. The van der Waals surface area contributed by atoms with Crippen molar-refractivity contribution in [1.29, 1.82) is 0 Å². The first kappa shape index (κ1) is 18.2. The Bertz CT molecular complexity index is 952. The van der Waals surface area contributed by atoms with E-state index in [1.165, 1.54) is 11.3 Å². The maximum absolute atomic E-state index is 12.0. The minimum Gasteiger partial charge on any atom is -0.481 e. The van der Waals surface area contributed by atoms with Crippen LogP contribution in [0.25, 0.3) is 21.3 Å². The van der Waals surface area contributed by atoms with Crippen LogP contribution < -0.4 is 0 Å². The molecule has 1 N–H and O–H groups in total. The molecule has 1 atom stereocenters. The number of nitrogens with zero attached hydrogens (tertiary/aromatic N) is 1. The minimum atomic E-state index is -0.836. The first-order chi connectivity index (χ1) is 11.9. The van der Waals surface area contributed by atoms with Gasteiger partial charge in [0, 0.05) is 26.5 Å². The zero-order valence-electron chi connectivity index (χ0n) is 13.8. The van der Waals surface area contributed by atoms with Gasteiger partial charge >= 0.3 is 5.97 Å². The van der Waals surface area contributed by atoms with Crippen LogP contribution in [0.4, 0.5) is 0 Å². The van der Waals surface area contributed by atoms with E-state index < -0.39 is 11.9 Å². The zero-order chi connectivity index (χ0) is 18.1. The number of aryl methyl sites for hydroxylation is 1. The van der Waals surface area contributed by atoms with E-state index in [1.54, 1.807) is 6.07 Å². The molecule has 0 fully saturated rings. The van der Waals surface area contributed by atoms with Crippen molar-refractivity contribution >= 4 is 51.4 Å². The molecule has 130 valence electrons. The number of halogens is 2. The molecule has 0 saturated heterocycles. The molecular formula is C19H17Cl2NO2S. The topological polar surface area (TPSA) is 50.2 Å². The number of carbonyl (C=O) groups is 1. The van der Waals surface area contributed by atoms with Gasteiger partial charge < -0.3 is 5.11 Å². The quantitative estimate of drug-likeness (QED) is 0.534. The van der Waals surface area contributed by atoms with Crippen LogP contribution in [0.2, 0.25) is 9.36 Å². The van der Waals surface area contributed by atoms with Crippen LogP contribution >= 0.6 is 34.5 Å². The van der Waals surface area contributed by atoms with E-state index in [4.69, 9.17) is 23.2 Å². The van der Waals surface area contributed by atoms with E-state index in [1.807, 2.05) is 38.1 Å². The van der Waals surface area contributed by atoms with E-state index in [9.17, 15) is 9.90 Å². The highest BCUT2D eigenvalue weighted by Gasteiger charge is 2.27. The lowest BCUT2D eigenvalue weighted by molar-refractivity contribution is -0.139. The van der Waals surface area contributed by atoms with Crippen molar-refractivity contribution in [3.05, 3.63) is 50.9 Å². The number of rotatable bonds is 5. The van der Waals surface area contributed by atoms with Crippen molar-refractivity contribution in [2.24, 2.45) is 0 Å². The van der Waals surface area contributed by atoms with Crippen molar-refractivity contribution in [3.63, 3.8) is 0 Å². The molecule has 3 rings (SSSR count). The lowest BCUT2D eigenvalue weighted by Crippen LogP contribution is -2.15. The van der Waals surface area contributed by atoms with E-state index in [2.05, 4.69) is 4.98 Å². The molecule has 3 nitrogen and oxygen atoms in total. The Hall–Kier alpha value is -1.62. The Kier molecular flexibility index (Phi) is 5.32. The van der Waals surface area contributed by atoms with Crippen LogP contribution in [-0.4, -0.2) is 16.1 Å². The molecule has 2 aromatic heterocycles. The summed E-state index contributed by atoms with van der Waals surface area (Å²) >= 11 is 13.8. The van der Waals surface area contributed by atoms with Gasteiger partial charge in [0.05, 0.1) is 15.8 Å². The van der Waals surface area contributed by atoms with Crippen LogP contribution in [-0.2, 0) is 4.79 Å². The molecule has 2 heterocycles. The number of pyridine rings is 1. The molecule has 1 aromatic carbocycles. The van der Waals surface area contributed by atoms with Gasteiger partial charge in [-0.2, -0.15) is 0 Å². The molecular weight excluding hydrogens is 377 g/mol. The van der Waals surface area contributed by atoms with Gasteiger partial charge in [0.2, 0.25) is 0 Å². The summed E-state index contributed by atoms with van der Waals surface area (Å²) < 4.78 is 0.660. The van der Waals surface area contributed by atoms with E-state index in [-0.39, 0.29) is 0 Å². The monoisotopic (exact) mass is 393 g/mol. The molecule has 0 saturated carbocycles. The van der Waals surface area contributed by atoms with E-state index >= 15 is 0 Å². The fraction of sp³-hybridized carbons (Fsp3) is 0.263. The Morgan fingerprint density at radius 1 is 1.28 bits per heavy atom. The van der Waals surface area contributed by atoms with Crippen LogP contribution in [0.5, 0.6) is 0 Å². The predicted octanol–water partition coefficient (Wildman–Crippen LogP) is 6.55. The predicted molar refractivity (Wildman–Crippen MR) is 105 cm³/mol. The van der Waals surface area contributed by atoms with Gasteiger partial charge in [0.1, 0.15) is 0 Å². The largest absolute Gasteiger partial charge is 0.481 e. The first-order valence-electron chi connectivity index (χ1n) is 8.00. The summed E-state index contributed by atoms with van der Waals surface area (Å²) in [5.74, 6) is -1.45. The second-order valence-corrected chi connectivity index (χ2v) is 8.08. The molecule has 0 spiro atoms. The Morgan fingerprint density at radius 2 is 2.04 bits per heavy atom. The van der Waals surface area contributed by atoms with Crippen molar-refractivity contribution in [3.8, 4) is 10.4 Å². The van der Waals surface area contributed by atoms with Gasteiger partial charge in [0.15, 0.2) is 0 Å². The molecule has 0 aliphatic rings. The van der Waals surface area contributed by atoms with Crippen molar-refractivity contribution < 1.29 is 9.90 Å². The van der Waals surface area contributed by atoms with Crippen molar-refractivity contribution in [1.82, 2.24) is 4.98 Å². The molecule has 1 unspecified atom stereocenters. The van der Waals surface area contributed by atoms with Crippen LogP contribution in [0.1, 0.15) is 36.9 Å². The molecule has 0 bridgehead atoms. The Morgan fingerprint density at radius 3 is 2.64 bits per heavy atom. The fourth-order valence-corrected chi connectivity index (χ4v) is 4.48. The fourth-order valence-electron chi connectivity index (χ4n) is 3.19. The summed E-state index contributed by atoms with van der Waals surface area (Å²) in [4.78, 5) is 17.5. The second-order valence-electron chi connectivity index (χ2n) is 5.93. The summed E-state index contributed by atoms with van der Waals surface area (Å²) in [6.45, 7) is 3.85. The molecule has 0 amide bonds. The van der Waals surface area contributed by atoms with Gasteiger partial charge in [-0.25, -0.2) is 0 Å². The molecule has 0 aliphatic carbocycles. The van der Waals surface area contributed by atoms with Gasteiger partial charge in [0.25, 0.3) is 0 Å². The maximum atomic E-state index is 12.0. The summed E-state index contributed by atoms with van der Waals surface area (Å²) in [7, 11) is 0. The van der Waals surface area contributed by atoms with Gasteiger partial charge in [-0.1, -0.05) is 36.5 Å². The second kappa shape index (κ2) is 7.32. The lowest BCUT2D eigenvalue weighted by atomic mass is 9.87. The Labute approximate surface area is 160 Å². The van der Waals surface area contributed by atoms with E-state index in [0.717, 1.165) is 39.0 Å². The number of hydrogen-bond donors (Lipinski definition) is 1. The molecule has 0 radical (unpaired) electrons. The number of thiophene rings is 1. The third kappa shape index (κ3) is 3.52. The van der Waals surface area contributed by atoms with Crippen molar-refractivity contribution in [2.45, 2.75) is 32.6 Å². The third-order valence-electron chi connectivity index (χ3n) is 4.22. The number of aliphatic carboxylic acids is 1. The number of carboxylic acids is 1. The maximum Gasteiger partial charge on any atom is 0.311 e. The number of hydrogen-bond acceptors (Lipinski definition) is 3. The van der Waals surface area contributed by atoms with E-state index in [0.29, 0.717) is 15.8 Å². The Balaban J connectivity index is 2.42. The molecule has 0 aliphatic heterocycles. The number of aromatic nitrogens is 1. The average Bonchev–Trinajstić information content (AvgIpc) is 2.98. The smallest absolute Gasteiger partial charge is 0.311 e. The average molecular weight is 394 g/mol. The summed E-state index contributed by atoms with van der Waals surface area (Å²) in [5, 5.41) is 11.3. The number of fused-ring (bicyclic) bond motifs is 1.